The molecule has 0 unspecified atom stereocenters. The van der Waals surface area contributed by atoms with Crippen LogP contribution in [0.25, 0.3) is 0 Å². The molecular formula is C24H36. The monoisotopic (exact) mass is 324 g/mol. The third-order valence-corrected chi connectivity index (χ3v) is 6.86. The minimum atomic E-state index is 0.815. The maximum atomic E-state index is 3.84. The zero-order valence-electron chi connectivity index (χ0n) is 15.7. The zero-order chi connectivity index (χ0) is 16.8. The van der Waals surface area contributed by atoms with Crippen LogP contribution in [0.5, 0.6) is 0 Å². The first kappa shape index (κ1) is 17.8. The second kappa shape index (κ2) is 8.88. The molecule has 0 heteroatoms. The van der Waals surface area contributed by atoms with Crippen molar-refractivity contribution in [2.24, 2.45) is 17.8 Å². The van der Waals surface area contributed by atoms with Crippen molar-refractivity contribution in [1.82, 2.24) is 0 Å². The molecular weight excluding hydrogens is 288 g/mol. The lowest BCUT2D eigenvalue weighted by molar-refractivity contribution is 0.156. The van der Waals surface area contributed by atoms with E-state index in [1.54, 1.807) is 5.56 Å². The van der Waals surface area contributed by atoms with Gasteiger partial charge >= 0.3 is 0 Å². The Morgan fingerprint density at radius 2 is 1.46 bits per heavy atom. The molecule has 0 bridgehead atoms. The molecule has 0 aliphatic heterocycles. The highest BCUT2D eigenvalue weighted by molar-refractivity contribution is 5.26. The van der Waals surface area contributed by atoms with E-state index in [4.69, 9.17) is 0 Å². The summed E-state index contributed by atoms with van der Waals surface area (Å²) < 4.78 is 0. The van der Waals surface area contributed by atoms with Crippen molar-refractivity contribution < 1.29 is 0 Å². The minimum absolute atomic E-state index is 0.815. The van der Waals surface area contributed by atoms with Crippen molar-refractivity contribution >= 4 is 0 Å². The molecule has 0 radical (unpaired) electrons. The topological polar surface area (TPSA) is 0 Å². The summed E-state index contributed by atoms with van der Waals surface area (Å²) in [4.78, 5) is 0. The summed E-state index contributed by atoms with van der Waals surface area (Å²) in [5.41, 5.74) is 2.97. The lowest BCUT2D eigenvalue weighted by Gasteiger charge is -2.38. The molecule has 0 N–H and O–H groups in total. The largest absolute Gasteiger partial charge is 0.103 e. The van der Waals surface area contributed by atoms with E-state index in [1.165, 1.54) is 69.8 Å². The molecule has 2 saturated carbocycles. The van der Waals surface area contributed by atoms with Gasteiger partial charge in [0.2, 0.25) is 0 Å². The van der Waals surface area contributed by atoms with Gasteiger partial charge < -0.3 is 0 Å². The third-order valence-electron chi connectivity index (χ3n) is 6.86. The first-order valence-corrected chi connectivity index (χ1v) is 10.5. The molecule has 0 aromatic heterocycles. The Balaban J connectivity index is 1.46. The van der Waals surface area contributed by atoms with Gasteiger partial charge in [0, 0.05) is 0 Å². The van der Waals surface area contributed by atoms with E-state index < -0.39 is 0 Å². The van der Waals surface area contributed by atoms with Crippen LogP contribution in [0, 0.1) is 17.8 Å². The molecule has 0 spiro atoms. The van der Waals surface area contributed by atoms with Gasteiger partial charge in [-0.1, -0.05) is 62.9 Å². The van der Waals surface area contributed by atoms with E-state index in [0.717, 1.165) is 30.1 Å². The summed E-state index contributed by atoms with van der Waals surface area (Å²) in [6.07, 6.45) is 17.7. The van der Waals surface area contributed by atoms with Crippen LogP contribution in [-0.4, -0.2) is 0 Å². The second-order valence-corrected chi connectivity index (χ2v) is 8.42. The Bertz CT molecular complexity index is 481. The first-order chi connectivity index (χ1) is 11.8. The molecule has 2 aliphatic carbocycles. The van der Waals surface area contributed by atoms with Gasteiger partial charge in [-0.2, -0.15) is 0 Å². The summed E-state index contributed by atoms with van der Waals surface area (Å²) in [5.74, 6) is 3.95. The zero-order valence-corrected chi connectivity index (χ0v) is 15.7. The van der Waals surface area contributed by atoms with Crippen molar-refractivity contribution in [2.45, 2.75) is 83.5 Å². The molecule has 0 heterocycles. The van der Waals surface area contributed by atoms with Gasteiger partial charge in [-0.15, -0.1) is 6.58 Å². The van der Waals surface area contributed by atoms with Crippen molar-refractivity contribution in [3.8, 4) is 0 Å². The average molecular weight is 325 g/mol. The average Bonchev–Trinajstić information content (AvgIpc) is 2.64. The predicted molar refractivity (Wildman–Crippen MR) is 105 cm³/mol. The molecule has 2 aliphatic rings. The summed E-state index contributed by atoms with van der Waals surface area (Å²) >= 11 is 0. The van der Waals surface area contributed by atoms with Crippen molar-refractivity contribution in [3.63, 3.8) is 0 Å². The van der Waals surface area contributed by atoms with E-state index in [2.05, 4.69) is 37.8 Å². The van der Waals surface area contributed by atoms with Gasteiger partial charge in [-0.3, -0.25) is 0 Å². The first-order valence-electron chi connectivity index (χ1n) is 10.5. The molecule has 1 aromatic rings. The van der Waals surface area contributed by atoms with Crippen LogP contribution < -0.4 is 0 Å². The summed E-state index contributed by atoms with van der Waals surface area (Å²) in [5, 5.41) is 0. The van der Waals surface area contributed by atoms with E-state index >= 15 is 0 Å². The van der Waals surface area contributed by atoms with Gasteiger partial charge in [0.05, 0.1) is 0 Å². The Morgan fingerprint density at radius 1 is 0.875 bits per heavy atom. The molecule has 1 aromatic carbocycles. The second-order valence-electron chi connectivity index (χ2n) is 8.42. The predicted octanol–water partition coefficient (Wildman–Crippen LogP) is 7.30. The van der Waals surface area contributed by atoms with Crippen LogP contribution in [0.1, 0.15) is 88.2 Å². The SMILES string of the molecule is C=CCc1ccc(C2CCC(C3CCC(CCC)CC3)CC2)cc1. The normalized spacial score (nSPS) is 30.9. The molecule has 132 valence electrons. The molecule has 0 atom stereocenters. The summed E-state index contributed by atoms with van der Waals surface area (Å²) in [7, 11) is 0. The van der Waals surface area contributed by atoms with Crippen LogP contribution in [0.3, 0.4) is 0 Å². The van der Waals surface area contributed by atoms with Crippen LogP contribution in [0.4, 0.5) is 0 Å². The van der Waals surface area contributed by atoms with Crippen LogP contribution in [0.2, 0.25) is 0 Å². The van der Waals surface area contributed by atoms with Crippen molar-refractivity contribution in [3.05, 3.63) is 48.0 Å². The highest BCUT2D eigenvalue weighted by atomic mass is 14.4. The van der Waals surface area contributed by atoms with Crippen LogP contribution >= 0.6 is 0 Å². The maximum Gasteiger partial charge on any atom is -0.0100 e. The fourth-order valence-electron chi connectivity index (χ4n) is 5.37. The molecule has 3 rings (SSSR count). The fraction of sp³-hybridized carbons (Fsp3) is 0.667. The summed E-state index contributed by atoms with van der Waals surface area (Å²) in [6, 6.07) is 9.36. The Hall–Kier alpha value is -1.04. The van der Waals surface area contributed by atoms with Crippen molar-refractivity contribution in [1.29, 1.82) is 0 Å². The van der Waals surface area contributed by atoms with Crippen LogP contribution in [0.15, 0.2) is 36.9 Å². The number of hydrogen-bond acceptors (Lipinski definition) is 0. The Kier molecular flexibility index (Phi) is 6.58. The third kappa shape index (κ3) is 4.52. The van der Waals surface area contributed by atoms with Gasteiger partial charge in [-0.25, -0.2) is 0 Å². The lowest BCUT2D eigenvalue weighted by atomic mass is 9.68. The van der Waals surface area contributed by atoms with Crippen LogP contribution in [-0.2, 0) is 6.42 Å². The lowest BCUT2D eigenvalue weighted by Crippen LogP contribution is -2.25. The fourth-order valence-corrected chi connectivity index (χ4v) is 5.37. The number of hydrogen-bond donors (Lipinski definition) is 0. The quantitative estimate of drug-likeness (QED) is 0.482. The maximum absolute atomic E-state index is 3.84. The van der Waals surface area contributed by atoms with E-state index in [-0.39, 0.29) is 0 Å². The standard InChI is InChI=1S/C24H36/c1-3-5-19-7-11-21(12-8-19)23-15-17-24(18-16-23)22-13-9-20(6-4-2)10-14-22/h3,7-8,11-12,20,22-24H,1,4-6,9-10,13-18H2,2H3. The van der Waals surface area contributed by atoms with Gasteiger partial charge in [0.1, 0.15) is 0 Å². The highest BCUT2D eigenvalue weighted by Crippen LogP contribution is 2.44. The smallest absolute Gasteiger partial charge is 0.0100 e. The van der Waals surface area contributed by atoms with E-state index in [0.29, 0.717) is 0 Å². The highest BCUT2D eigenvalue weighted by Gasteiger charge is 2.30. The Labute approximate surface area is 149 Å². The van der Waals surface area contributed by atoms with Gasteiger partial charge in [-0.05, 0) is 79.7 Å². The molecule has 0 amide bonds. The molecule has 2 fully saturated rings. The Morgan fingerprint density at radius 3 is 2.00 bits per heavy atom. The molecule has 0 nitrogen and oxygen atoms in total. The van der Waals surface area contributed by atoms with E-state index in [1.807, 2.05) is 6.08 Å². The van der Waals surface area contributed by atoms with Gasteiger partial charge in [0.25, 0.3) is 0 Å². The molecule has 0 saturated heterocycles. The van der Waals surface area contributed by atoms with E-state index in [9.17, 15) is 0 Å². The minimum Gasteiger partial charge on any atom is -0.103 e. The number of benzene rings is 1. The number of rotatable bonds is 6. The van der Waals surface area contributed by atoms with Gasteiger partial charge in [0.15, 0.2) is 0 Å². The van der Waals surface area contributed by atoms with Crippen molar-refractivity contribution in [2.75, 3.05) is 0 Å². The summed E-state index contributed by atoms with van der Waals surface area (Å²) in [6.45, 7) is 6.18. The molecule has 24 heavy (non-hydrogen) atoms. The number of allylic oxidation sites excluding steroid dienone is 1.